The van der Waals surface area contributed by atoms with E-state index in [9.17, 15) is 9.59 Å². The second-order valence-electron chi connectivity index (χ2n) is 6.88. The average Bonchev–Trinajstić information content (AvgIpc) is 3.44. The number of thioether (sulfide) groups is 1. The lowest BCUT2D eigenvalue weighted by Crippen LogP contribution is -2.51. The summed E-state index contributed by atoms with van der Waals surface area (Å²) in [5.74, 6) is 1.70. The highest BCUT2D eigenvalue weighted by Crippen LogP contribution is 2.31. The largest absolute Gasteiger partial charge is 0.339 e. The maximum absolute atomic E-state index is 12.4. The lowest BCUT2D eigenvalue weighted by Gasteiger charge is -2.35. The lowest BCUT2D eigenvalue weighted by atomic mass is 10.2. The number of carbonyl (C=O) groups is 2. The van der Waals surface area contributed by atoms with Crippen LogP contribution in [0.1, 0.15) is 25.7 Å². The maximum Gasteiger partial charge on any atom is 0.225 e. The molecule has 0 spiro atoms. The quantitative estimate of drug-likeness (QED) is 0.562. The molecule has 4 rings (SSSR count). The molecule has 1 aliphatic heterocycles. The number of carbonyl (C=O) groups excluding carboxylic acids is 2. The molecule has 138 valence electrons. The predicted molar refractivity (Wildman–Crippen MR) is 105 cm³/mol. The van der Waals surface area contributed by atoms with Crippen LogP contribution in [-0.2, 0) is 9.59 Å². The molecule has 1 aromatic heterocycles. The Morgan fingerprint density at radius 1 is 1.12 bits per heavy atom. The van der Waals surface area contributed by atoms with E-state index in [1.165, 1.54) is 4.70 Å². The van der Waals surface area contributed by atoms with Gasteiger partial charge in [0.05, 0.1) is 10.2 Å². The van der Waals surface area contributed by atoms with E-state index >= 15 is 0 Å². The summed E-state index contributed by atoms with van der Waals surface area (Å²) in [5, 5.41) is 0. The zero-order valence-corrected chi connectivity index (χ0v) is 16.4. The summed E-state index contributed by atoms with van der Waals surface area (Å²) in [6.45, 7) is 2.76. The molecule has 1 saturated carbocycles. The third-order valence-electron chi connectivity index (χ3n) is 4.91. The van der Waals surface area contributed by atoms with Gasteiger partial charge in [-0.3, -0.25) is 9.59 Å². The van der Waals surface area contributed by atoms with Gasteiger partial charge in [-0.05, 0) is 31.4 Å². The van der Waals surface area contributed by atoms with E-state index in [4.69, 9.17) is 0 Å². The van der Waals surface area contributed by atoms with Gasteiger partial charge in [0.2, 0.25) is 11.8 Å². The fraction of sp³-hybridized carbons (Fsp3) is 0.526. The number of nitrogens with zero attached hydrogens (tertiary/aromatic N) is 3. The van der Waals surface area contributed by atoms with Crippen LogP contribution in [0.15, 0.2) is 28.6 Å². The first-order valence-electron chi connectivity index (χ1n) is 9.25. The van der Waals surface area contributed by atoms with Gasteiger partial charge in [-0.1, -0.05) is 23.9 Å². The van der Waals surface area contributed by atoms with Gasteiger partial charge in [-0.2, -0.15) is 0 Å². The molecular formula is C19H23N3O2S2. The third-order valence-corrected chi connectivity index (χ3v) is 7.17. The number of aromatic nitrogens is 1. The summed E-state index contributed by atoms with van der Waals surface area (Å²) in [6.07, 6.45) is 3.53. The van der Waals surface area contributed by atoms with Crippen molar-refractivity contribution in [2.45, 2.75) is 30.0 Å². The van der Waals surface area contributed by atoms with Gasteiger partial charge in [-0.15, -0.1) is 11.3 Å². The van der Waals surface area contributed by atoms with Crippen LogP contribution in [-0.4, -0.2) is 58.5 Å². The molecule has 0 radical (unpaired) electrons. The number of para-hydroxylation sites is 1. The van der Waals surface area contributed by atoms with Crippen LogP contribution < -0.4 is 0 Å². The first-order chi connectivity index (χ1) is 12.7. The minimum absolute atomic E-state index is 0.216. The van der Waals surface area contributed by atoms with Crippen LogP contribution in [0.2, 0.25) is 0 Å². The van der Waals surface area contributed by atoms with Crippen LogP contribution in [0.5, 0.6) is 0 Å². The molecule has 2 heterocycles. The molecule has 0 bridgehead atoms. The van der Waals surface area contributed by atoms with Gasteiger partial charge in [0, 0.05) is 44.3 Å². The van der Waals surface area contributed by atoms with Gasteiger partial charge >= 0.3 is 0 Å². The van der Waals surface area contributed by atoms with E-state index in [1.54, 1.807) is 23.1 Å². The fourth-order valence-electron chi connectivity index (χ4n) is 3.22. The summed E-state index contributed by atoms with van der Waals surface area (Å²) >= 11 is 3.45. The van der Waals surface area contributed by atoms with Crippen molar-refractivity contribution in [2.75, 3.05) is 31.9 Å². The molecule has 0 N–H and O–H groups in total. The van der Waals surface area contributed by atoms with Crippen LogP contribution in [0.4, 0.5) is 0 Å². The molecule has 2 aromatic rings. The Morgan fingerprint density at radius 3 is 2.58 bits per heavy atom. The Hall–Kier alpha value is -1.60. The Kier molecular flexibility index (Phi) is 5.45. The monoisotopic (exact) mass is 389 g/mol. The summed E-state index contributed by atoms with van der Waals surface area (Å²) < 4.78 is 2.29. The van der Waals surface area contributed by atoms with E-state index in [2.05, 4.69) is 11.1 Å². The number of thiazole rings is 1. The number of fused-ring (bicyclic) bond motifs is 1. The molecule has 1 aliphatic carbocycles. The van der Waals surface area contributed by atoms with Crippen molar-refractivity contribution in [3.05, 3.63) is 24.3 Å². The molecule has 0 unspecified atom stereocenters. The van der Waals surface area contributed by atoms with Crippen molar-refractivity contribution in [1.82, 2.24) is 14.8 Å². The first-order valence-corrected chi connectivity index (χ1v) is 11.1. The molecule has 1 aromatic carbocycles. The summed E-state index contributed by atoms with van der Waals surface area (Å²) in [5.41, 5.74) is 1.05. The molecular weight excluding hydrogens is 366 g/mol. The molecule has 7 heteroatoms. The minimum atomic E-state index is 0.216. The molecule has 2 amide bonds. The Morgan fingerprint density at radius 2 is 1.85 bits per heavy atom. The SMILES string of the molecule is O=C(CCCSc1nc2ccccc2s1)N1CCN(C(=O)C2CC2)CC1. The topological polar surface area (TPSA) is 53.5 Å². The number of piperazine rings is 1. The Labute approximate surface area is 161 Å². The second kappa shape index (κ2) is 7.96. The molecule has 2 fully saturated rings. The Bertz CT molecular complexity index is 762. The number of rotatable bonds is 6. The molecule has 1 saturated heterocycles. The van der Waals surface area contributed by atoms with Gasteiger partial charge in [-0.25, -0.2) is 4.98 Å². The van der Waals surface area contributed by atoms with Crippen molar-refractivity contribution in [2.24, 2.45) is 5.92 Å². The van der Waals surface area contributed by atoms with Crippen LogP contribution in [0.3, 0.4) is 0 Å². The van der Waals surface area contributed by atoms with Gasteiger partial charge in [0.25, 0.3) is 0 Å². The van der Waals surface area contributed by atoms with Crippen molar-refractivity contribution in [3.8, 4) is 0 Å². The lowest BCUT2D eigenvalue weighted by molar-refractivity contribution is -0.140. The summed E-state index contributed by atoms with van der Waals surface area (Å²) in [4.78, 5) is 32.9. The predicted octanol–water partition coefficient (Wildman–Crippen LogP) is 3.25. The van der Waals surface area contributed by atoms with Crippen molar-refractivity contribution in [1.29, 1.82) is 0 Å². The zero-order chi connectivity index (χ0) is 17.9. The van der Waals surface area contributed by atoms with E-state index in [-0.39, 0.29) is 11.8 Å². The minimum Gasteiger partial charge on any atom is -0.339 e. The van der Waals surface area contributed by atoms with Gasteiger partial charge < -0.3 is 9.80 Å². The first kappa shape index (κ1) is 17.8. The third kappa shape index (κ3) is 4.20. The fourth-order valence-corrected chi connectivity index (χ4v) is 5.30. The average molecular weight is 390 g/mol. The molecule has 5 nitrogen and oxygen atoms in total. The van der Waals surface area contributed by atoms with E-state index in [0.717, 1.165) is 34.9 Å². The maximum atomic E-state index is 12.4. The summed E-state index contributed by atoms with van der Waals surface area (Å²) in [7, 11) is 0. The normalized spacial score (nSPS) is 17.7. The highest BCUT2D eigenvalue weighted by Gasteiger charge is 2.35. The zero-order valence-electron chi connectivity index (χ0n) is 14.7. The van der Waals surface area contributed by atoms with Crippen LogP contribution in [0, 0.1) is 5.92 Å². The summed E-state index contributed by atoms with van der Waals surface area (Å²) in [6, 6.07) is 8.17. The second-order valence-corrected chi connectivity index (χ2v) is 9.25. The molecule has 0 atom stereocenters. The van der Waals surface area contributed by atoms with Crippen LogP contribution in [0.25, 0.3) is 10.2 Å². The highest BCUT2D eigenvalue weighted by atomic mass is 32.2. The highest BCUT2D eigenvalue weighted by molar-refractivity contribution is 8.01. The van der Waals surface area contributed by atoms with Crippen molar-refractivity contribution >= 4 is 45.1 Å². The van der Waals surface area contributed by atoms with Crippen molar-refractivity contribution < 1.29 is 9.59 Å². The number of hydrogen-bond donors (Lipinski definition) is 0. The number of amides is 2. The Balaban J connectivity index is 1.17. The van der Waals surface area contributed by atoms with E-state index in [0.29, 0.717) is 38.5 Å². The number of benzene rings is 1. The standard InChI is InChI=1S/C19H23N3O2S2/c23-17(21-9-11-22(12-10-21)18(24)14-7-8-14)6-3-13-25-19-20-15-4-1-2-5-16(15)26-19/h1-2,4-5,14H,3,6-13H2. The van der Waals surface area contributed by atoms with Gasteiger partial charge in [0.1, 0.15) is 0 Å². The molecule has 26 heavy (non-hydrogen) atoms. The van der Waals surface area contributed by atoms with E-state index in [1.807, 2.05) is 28.0 Å². The van der Waals surface area contributed by atoms with Crippen LogP contribution >= 0.6 is 23.1 Å². The number of hydrogen-bond acceptors (Lipinski definition) is 5. The van der Waals surface area contributed by atoms with E-state index < -0.39 is 0 Å². The smallest absolute Gasteiger partial charge is 0.225 e. The van der Waals surface area contributed by atoms with Crippen molar-refractivity contribution in [3.63, 3.8) is 0 Å². The molecule has 2 aliphatic rings. The van der Waals surface area contributed by atoms with Gasteiger partial charge in [0.15, 0.2) is 4.34 Å².